The van der Waals surface area contributed by atoms with E-state index in [1.807, 2.05) is 11.3 Å². The molecular weight excluding hydrogens is 529 g/mol. The van der Waals surface area contributed by atoms with Crippen molar-refractivity contribution >= 4 is 66.5 Å². The van der Waals surface area contributed by atoms with Crippen molar-refractivity contribution in [2.24, 2.45) is 0 Å². The lowest BCUT2D eigenvalue weighted by Crippen LogP contribution is -2.58. The summed E-state index contributed by atoms with van der Waals surface area (Å²) in [5.74, 6) is 2.56. The third-order valence-electron chi connectivity index (χ3n) is 9.90. The lowest BCUT2D eigenvalue weighted by Gasteiger charge is -2.41. The number of hydrogen-bond donors (Lipinski definition) is 0. The van der Waals surface area contributed by atoms with E-state index in [1.165, 1.54) is 78.0 Å². The molecule has 8 rings (SSSR count). The molecule has 0 saturated heterocycles. The zero-order valence-electron chi connectivity index (χ0n) is 25.0. The Labute approximate surface area is 253 Å². The van der Waals surface area contributed by atoms with E-state index in [4.69, 9.17) is 4.74 Å². The maximum absolute atomic E-state index is 6.84. The fraction of sp³-hybridized carbons (Fsp3) is 0.263. The Kier molecular flexibility index (Phi) is 5.78. The normalized spacial score (nSPS) is 17.7. The van der Waals surface area contributed by atoms with E-state index in [0.29, 0.717) is 5.92 Å². The fourth-order valence-electron chi connectivity index (χ4n) is 7.60. The summed E-state index contributed by atoms with van der Waals surface area (Å²) >= 11 is 1.95. The predicted octanol–water partition coefficient (Wildman–Crippen LogP) is 9.29. The molecule has 0 spiro atoms. The number of ether oxygens (including phenoxy) is 1. The van der Waals surface area contributed by atoms with Crippen LogP contribution in [-0.4, -0.2) is 6.71 Å². The van der Waals surface area contributed by atoms with Gasteiger partial charge in [0, 0.05) is 26.2 Å². The van der Waals surface area contributed by atoms with Crippen molar-refractivity contribution in [2.75, 3.05) is 4.90 Å². The number of nitrogens with zero attached hydrogens (tertiary/aromatic N) is 1. The first kappa shape index (κ1) is 25.9. The van der Waals surface area contributed by atoms with Crippen molar-refractivity contribution < 1.29 is 4.74 Å². The van der Waals surface area contributed by atoms with Crippen LogP contribution in [0.15, 0.2) is 85.4 Å². The van der Waals surface area contributed by atoms with Gasteiger partial charge in [-0.2, -0.15) is 0 Å². The van der Waals surface area contributed by atoms with Gasteiger partial charge in [-0.15, -0.1) is 11.3 Å². The standard InChI is InChI=1S/C38H36BNOS/c1-6-11-23(2)25-16-17-34-28(20-25)36-37(42-34)39-30-21-27-24(3)18-19-38(4,5)29(27)22-33(30)41-32-15-10-14-31(35(32)39)40(36)26-12-8-7-9-13-26/h7-10,12-17,20-22,24H,2,6,11,18-19H2,1,3-5H3. The first-order valence-corrected chi connectivity index (χ1v) is 16.3. The molecule has 2 nitrogen and oxygen atoms in total. The predicted molar refractivity (Wildman–Crippen MR) is 182 cm³/mol. The summed E-state index contributed by atoms with van der Waals surface area (Å²) in [5, 5.41) is 1.31. The Morgan fingerprint density at radius 1 is 1.02 bits per heavy atom. The minimum atomic E-state index is 0.136. The number of hydrogen-bond acceptors (Lipinski definition) is 3. The molecule has 5 aromatic rings. The van der Waals surface area contributed by atoms with Gasteiger partial charge < -0.3 is 9.64 Å². The average molecular weight is 566 g/mol. The number of anilines is 3. The van der Waals surface area contributed by atoms with Gasteiger partial charge in [-0.1, -0.05) is 77.1 Å². The number of allylic oxidation sites excluding steroid dienone is 1. The Morgan fingerprint density at radius 2 is 1.86 bits per heavy atom. The molecule has 208 valence electrons. The molecule has 1 atom stereocenters. The summed E-state index contributed by atoms with van der Waals surface area (Å²) in [6.07, 6.45) is 4.55. The third-order valence-corrected chi connectivity index (χ3v) is 11.1. The van der Waals surface area contributed by atoms with Crippen LogP contribution in [0, 0.1) is 0 Å². The van der Waals surface area contributed by atoms with Crippen LogP contribution in [0.25, 0.3) is 15.7 Å². The highest BCUT2D eigenvalue weighted by Crippen LogP contribution is 2.48. The van der Waals surface area contributed by atoms with Gasteiger partial charge in [0.2, 0.25) is 0 Å². The minimum absolute atomic E-state index is 0.136. The second kappa shape index (κ2) is 9.37. The first-order chi connectivity index (χ1) is 20.4. The highest BCUT2D eigenvalue weighted by Gasteiger charge is 2.45. The van der Waals surface area contributed by atoms with Crippen LogP contribution < -0.4 is 25.3 Å². The van der Waals surface area contributed by atoms with Crippen LogP contribution in [0.3, 0.4) is 0 Å². The van der Waals surface area contributed by atoms with E-state index in [0.717, 1.165) is 24.3 Å². The van der Waals surface area contributed by atoms with Crippen molar-refractivity contribution in [3.8, 4) is 11.5 Å². The highest BCUT2D eigenvalue weighted by atomic mass is 32.1. The molecule has 0 N–H and O–H groups in total. The van der Waals surface area contributed by atoms with E-state index in [9.17, 15) is 0 Å². The van der Waals surface area contributed by atoms with Gasteiger partial charge in [0.1, 0.15) is 11.5 Å². The van der Waals surface area contributed by atoms with Crippen LogP contribution in [-0.2, 0) is 5.41 Å². The minimum Gasteiger partial charge on any atom is -0.458 e. The van der Waals surface area contributed by atoms with Gasteiger partial charge in [0.05, 0.1) is 5.69 Å². The molecule has 3 aliphatic rings. The molecule has 0 amide bonds. The Hall–Kier alpha value is -3.76. The van der Waals surface area contributed by atoms with E-state index in [1.54, 1.807) is 0 Å². The molecular formula is C38H36BNOS. The molecule has 1 unspecified atom stereocenters. The zero-order valence-corrected chi connectivity index (χ0v) is 25.8. The smallest absolute Gasteiger partial charge is 0.268 e. The van der Waals surface area contributed by atoms with E-state index >= 15 is 0 Å². The molecule has 1 aliphatic carbocycles. The SMILES string of the molecule is C=C(CCC)c1ccc2sc3c(c2c1)N(c1ccccc1)c1cccc2c1B3c1cc3c(cc1O2)C(C)(C)CCC3C. The van der Waals surface area contributed by atoms with Crippen LogP contribution in [0.4, 0.5) is 17.1 Å². The van der Waals surface area contributed by atoms with Crippen LogP contribution in [0.5, 0.6) is 11.5 Å². The summed E-state index contributed by atoms with van der Waals surface area (Å²) in [6.45, 7) is 14.0. The van der Waals surface area contributed by atoms with Gasteiger partial charge in [-0.3, -0.25) is 0 Å². The maximum atomic E-state index is 6.84. The number of fused-ring (bicyclic) bond motifs is 7. The summed E-state index contributed by atoms with van der Waals surface area (Å²) in [6, 6.07) is 29.3. The van der Waals surface area contributed by atoms with Crippen molar-refractivity contribution in [3.05, 3.63) is 102 Å². The molecule has 2 aliphatic heterocycles. The van der Waals surface area contributed by atoms with Gasteiger partial charge in [-0.05, 0) is 106 Å². The Bertz CT molecular complexity index is 1900. The highest BCUT2D eigenvalue weighted by molar-refractivity contribution is 7.33. The molecule has 0 fully saturated rings. The summed E-state index contributed by atoms with van der Waals surface area (Å²) in [4.78, 5) is 2.48. The summed E-state index contributed by atoms with van der Waals surface area (Å²) in [5.41, 5.74) is 11.9. The molecule has 42 heavy (non-hydrogen) atoms. The quantitative estimate of drug-likeness (QED) is 0.197. The molecule has 0 bridgehead atoms. The van der Waals surface area contributed by atoms with Crippen molar-refractivity contribution in [1.29, 1.82) is 0 Å². The monoisotopic (exact) mass is 565 g/mol. The van der Waals surface area contributed by atoms with Crippen molar-refractivity contribution in [1.82, 2.24) is 0 Å². The van der Waals surface area contributed by atoms with Crippen LogP contribution in [0.1, 0.15) is 76.0 Å². The number of benzene rings is 4. The van der Waals surface area contributed by atoms with Crippen molar-refractivity contribution in [2.45, 2.75) is 64.7 Å². The van der Waals surface area contributed by atoms with E-state index < -0.39 is 0 Å². The first-order valence-electron chi connectivity index (χ1n) is 15.4. The average Bonchev–Trinajstić information content (AvgIpc) is 3.37. The Morgan fingerprint density at radius 3 is 2.67 bits per heavy atom. The molecule has 0 radical (unpaired) electrons. The molecule has 4 aromatic carbocycles. The zero-order chi connectivity index (χ0) is 28.7. The van der Waals surface area contributed by atoms with Gasteiger partial charge in [0.25, 0.3) is 6.71 Å². The largest absolute Gasteiger partial charge is 0.458 e. The molecule has 1 aromatic heterocycles. The fourth-order valence-corrected chi connectivity index (χ4v) is 8.90. The number of thiophene rings is 1. The number of para-hydroxylation sites is 1. The lowest BCUT2D eigenvalue weighted by molar-refractivity contribution is 0.398. The second-order valence-corrected chi connectivity index (χ2v) is 14.2. The van der Waals surface area contributed by atoms with Crippen LogP contribution in [0.2, 0.25) is 0 Å². The maximum Gasteiger partial charge on any atom is 0.268 e. The van der Waals surface area contributed by atoms with E-state index in [-0.39, 0.29) is 12.1 Å². The topological polar surface area (TPSA) is 12.5 Å². The van der Waals surface area contributed by atoms with Gasteiger partial charge >= 0.3 is 0 Å². The van der Waals surface area contributed by atoms with Gasteiger partial charge in [-0.25, -0.2) is 0 Å². The molecule has 3 heterocycles. The summed E-state index contributed by atoms with van der Waals surface area (Å²) < 4.78 is 9.56. The van der Waals surface area contributed by atoms with Crippen molar-refractivity contribution in [3.63, 3.8) is 0 Å². The molecule has 4 heteroatoms. The second-order valence-electron chi connectivity index (χ2n) is 13.1. The number of rotatable bonds is 4. The Balaban J connectivity index is 1.43. The lowest BCUT2D eigenvalue weighted by atomic mass is 9.36. The third kappa shape index (κ3) is 3.70. The summed E-state index contributed by atoms with van der Waals surface area (Å²) in [7, 11) is 0. The van der Waals surface area contributed by atoms with Crippen LogP contribution >= 0.6 is 11.3 Å². The van der Waals surface area contributed by atoms with Gasteiger partial charge in [0.15, 0.2) is 0 Å². The van der Waals surface area contributed by atoms with E-state index in [2.05, 4.69) is 118 Å². The molecule has 0 saturated carbocycles.